The first kappa shape index (κ1) is 14.1. The van der Waals surface area contributed by atoms with Crippen LogP contribution in [0.5, 0.6) is 0 Å². The molecule has 3 rings (SSSR count). The Morgan fingerprint density at radius 2 is 2.14 bits per heavy atom. The first-order chi connectivity index (χ1) is 9.82. The summed E-state index contributed by atoms with van der Waals surface area (Å²) in [6.45, 7) is 8.05. The van der Waals surface area contributed by atoms with Crippen LogP contribution in [-0.2, 0) is 0 Å². The molecule has 1 saturated carbocycles. The van der Waals surface area contributed by atoms with Crippen molar-refractivity contribution in [2.75, 3.05) is 11.4 Å². The van der Waals surface area contributed by atoms with Crippen LogP contribution in [0.15, 0.2) is 17.5 Å². The van der Waals surface area contributed by atoms with Gasteiger partial charge in [-0.05, 0) is 30.1 Å². The Morgan fingerprint density at radius 1 is 1.38 bits per heavy atom. The van der Waals surface area contributed by atoms with Gasteiger partial charge in [0.25, 0.3) is 0 Å². The number of hydrogen-bond donors (Lipinski definition) is 2. The summed E-state index contributed by atoms with van der Waals surface area (Å²) in [7, 11) is 0. The standard InChI is InChI=1S/C15H23N5O/c1-14(2)4-10-5-15(3,8-14)9-20(10)12-7-17-6-11(18-12)13(16)19-21/h6-7,10,21H,4-5,8-9H2,1-3H3,(H2,16,19)/t10-,15-/m0/s1. The second-order valence-electron chi connectivity index (χ2n) is 7.59. The second kappa shape index (κ2) is 4.58. The van der Waals surface area contributed by atoms with Gasteiger partial charge < -0.3 is 15.8 Å². The monoisotopic (exact) mass is 289 g/mol. The third-order valence-corrected chi connectivity index (χ3v) is 4.70. The summed E-state index contributed by atoms with van der Waals surface area (Å²) in [6.07, 6.45) is 6.89. The predicted octanol–water partition coefficient (Wildman–Crippen LogP) is 1.98. The molecule has 2 atom stereocenters. The highest BCUT2D eigenvalue weighted by molar-refractivity contribution is 5.95. The summed E-state index contributed by atoms with van der Waals surface area (Å²) in [5.41, 5.74) is 6.73. The molecule has 1 aliphatic carbocycles. The van der Waals surface area contributed by atoms with E-state index < -0.39 is 0 Å². The van der Waals surface area contributed by atoms with Crippen molar-refractivity contribution in [1.29, 1.82) is 0 Å². The molecule has 3 N–H and O–H groups in total. The van der Waals surface area contributed by atoms with E-state index in [1.807, 2.05) is 0 Å². The molecule has 114 valence electrons. The van der Waals surface area contributed by atoms with Crippen molar-refractivity contribution in [2.45, 2.75) is 46.1 Å². The van der Waals surface area contributed by atoms with Gasteiger partial charge in [0.2, 0.25) is 0 Å². The average molecular weight is 289 g/mol. The molecule has 1 aliphatic heterocycles. The zero-order chi connectivity index (χ0) is 15.3. The van der Waals surface area contributed by atoms with Crippen LogP contribution in [0.3, 0.4) is 0 Å². The maximum absolute atomic E-state index is 8.79. The molecule has 1 aromatic rings. The van der Waals surface area contributed by atoms with Gasteiger partial charge in [0.05, 0.1) is 12.4 Å². The van der Waals surface area contributed by atoms with Crippen LogP contribution >= 0.6 is 0 Å². The highest BCUT2D eigenvalue weighted by Crippen LogP contribution is 2.53. The number of nitrogens with zero attached hydrogens (tertiary/aromatic N) is 4. The van der Waals surface area contributed by atoms with Crippen molar-refractivity contribution in [2.24, 2.45) is 21.7 Å². The normalized spacial score (nSPS) is 31.5. The van der Waals surface area contributed by atoms with Crippen LogP contribution < -0.4 is 10.6 Å². The Bertz CT molecular complexity index is 585. The lowest BCUT2D eigenvalue weighted by molar-refractivity contribution is 0.136. The predicted molar refractivity (Wildman–Crippen MR) is 81.4 cm³/mol. The Balaban J connectivity index is 1.92. The molecule has 6 heteroatoms. The maximum Gasteiger partial charge on any atom is 0.190 e. The van der Waals surface area contributed by atoms with Crippen LogP contribution in [0.25, 0.3) is 0 Å². The van der Waals surface area contributed by atoms with E-state index in [0.717, 1.165) is 18.8 Å². The second-order valence-corrected chi connectivity index (χ2v) is 7.59. The van der Waals surface area contributed by atoms with E-state index >= 15 is 0 Å². The largest absolute Gasteiger partial charge is 0.409 e. The summed E-state index contributed by atoms with van der Waals surface area (Å²) >= 11 is 0. The number of rotatable bonds is 2. The van der Waals surface area contributed by atoms with Crippen molar-refractivity contribution in [1.82, 2.24) is 9.97 Å². The molecule has 2 fully saturated rings. The summed E-state index contributed by atoms with van der Waals surface area (Å²) in [5.74, 6) is 0.823. The van der Waals surface area contributed by atoms with Gasteiger partial charge in [0, 0.05) is 12.6 Å². The molecule has 21 heavy (non-hydrogen) atoms. The zero-order valence-electron chi connectivity index (χ0n) is 12.9. The molecule has 2 aliphatic rings. The molecule has 2 heterocycles. The van der Waals surface area contributed by atoms with Crippen LogP contribution in [0.2, 0.25) is 0 Å². The van der Waals surface area contributed by atoms with Gasteiger partial charge in [-0.1, -0.05) is 25.9 Å². The van der Waals surface area contributed by atoms with E-state index in [4.69, 9.17) is 10.9 Å². The zero-order valence-corrected chi connectivity index (χ0v) is 12.9. The minimum absolute atomic E-state index is 0.00180. The molecular weight excluding hydrogens is 266 g/mol. The molecule has 1 aromatic heterocycles. The highest BCUT2D eigenvalue weighted by Gasteiger charge is 2.50. The average Bonchev–Trinajstić information content (AvgIpc) is 2.67. The van der Waals surface area contributed by atoms with E-state index in [0.29, 0.717) is 22.6 Å². The van der Waals surface area contributed by atoms with Gasteiger partial charge in [0.1, 0.15) is 11.5 Å². The summed E-state index contributed by atoms with van der Waals surface area (Å²) in [4.78, 5) is 11.1. The Kier molecular flexibility index (Phi) is 3.07. The van der Waals surface area contributed by atoms with Gasteiger partial charge in [0.15, 0.2) is 5.84 Å². The molecule has 0 spiro atoms. The van der Waals surface area contributed by atoms with Gasteiger partial charge in [-0.25, -0.2) is 4.98 Å². The van der Waals surface area contributed by atoms with Crippen molar-refractivity contribution in [3.63, 3.8) is 0 Å². The third-order valence-electron chi connectivity index (χ3n) is 4.70. The Hall–Kier alpha value is -1.85. The van der Waals surface area contributed by atoms with E-state index in [1.165, 1.54) is 19.0 Å². The minimum Gasteiger partial charge on any atom is -0.409 e. The quantitative estimate of drug-likeness (QED) is 0.376. The first-order valence-corrected chi connectivity index (χ1v) is 7.39. The molecule has 6 nitrogen and oxygen atoms in total. The Labute approximate surface area is 125 Å². The van der Waals surface area contributed by atoms with Crippen LogP contribution in [-0.4, -0.2) is 33.6 Å². The summed E-state index contributed by atoms with van der Waals surface area (Å²) in [5, 5.41) is 11.8. The number of aromatic nitrogens is 2. The molecule has 0 radical (unpaired) electrons. The Morgan fingerprint density at radius 3 is 2.86 bits per heavy atom. The van der Waals surface area contributed by atoms with Crippen LogP contribution in [0.1, 0.15) is 45.7 Å². The third kappa shape index (κ3) is 2.54. The topological polar surface area (TPSA) is 87.6 Å². The fourth-order valence-corrected chi connectivity index (χ4v) is 4.40. The lowest BCUT2D eigenvalue weighted by Gasteiger charge is -2.39. The van der Waals surface area contributed by atoms with Crippen molar-refractivity contribution < 1.29 is 5.21 Å². The fraction of sp³-hybridized carbons (Fsp3) is 0.667. The van der Waals surface area contributed by atoms with Gasteiger partial charge in [-0.3, -0.25) is 4.98 Å². The molecule has 0 amide bonds. The number of fused-ring (bicyclic) bond motifs is 2. The lowest BCUT2D eigenvalue weighted by Crippen LogP contribution is -2.35. The molecule has 0 aromatic carbocycles. The number of nitrogens with two attached hydrogens (primary N) is 1. The number of anilines is 1. The van der Waals surface area contributed by atoms with E-state index in [9.17, 15) is 0 Å². The van der Waals surface area contributed by atoms with E-state index in [2.05, 4.69) is 40.8 Å². The van der Waals surface area contributed by atoms with Crippen LogP contribution in [0, 0.1) is 10.8 Å². The molecule has 2 bridgehead atoms. The van der Waals surface area contributed by atoms with Gasteiger partial charge >= 0.3 is 0 Å². The van der Waals surface area contributed by atoms with Crippen molar-refractivity contribution in [3.8, 4) is 0 Å². The molecular formula is C15H23N5O. The summed E-state index contributed by atoms with van der Waals surface area (Å²) in [6, 6.07) is 0.496. The van der Waals surface area contributed by atoms with Crippen molar-refractivity contribution in [3.05, 3.63) is 18.1 Å². The number of amidine groups is 1. The van der Waals surface area contributed by atoms with Gasteiger partial charge in [-0.15, -0.1) is 0 Å². The number of oxime groups is 1. The van der Waals surface area contributed by atoms with Crippen molar-refractivity contribution >= 4 is 11.7 Å². The highest BCUT2D eigenvalue weighted by atomic mass is 16.4. The number of hydrogen-bond acceptors (Lipinski definition) is 5. The summed E-state index contributed by atoms with van der Waals surface area (Å²) < 4.78 is 0. The van der Waals surface area contributed by atoms with Crippen LogP contribution in [0.4, 0.5) is 5.82 Å². The smallest absolute Gasteiger partial charge is 0.190 e. The molecule has 0 unspecified atom stereocenters. The fourth-order valence-electron chi connectivity index (χ4n) is 4.40. The lowest BCUT2D eigenvalue weighted by atomic mass is 9.65. The SMILES string of the molecule is CC1(C)C[C@H]2C[C@](C)(CN2c2cncc(/C(N)=N/O)n2)C1. The van der Waals surface area contributed by atoms with Gasteiger partial charge in [-0.2, -0.15) is 0 Å². The maximum atomic E-state index is 8.79. The minimum atomic E-state index is -0.00180. The first-order valence-electron chi connectivity index (χ1n) is 7.39. The van der Waals surface area contributed by atoms with E-state index in [-0.39, 0.29) is 5.84 Å². The van der Waals surface area contributed by atoms with E-state index in [1.54, 1.807) is 6.20 Å². The molecule has 1 saturated heterocycles.